The van der Waals surface area contributed by atoms with Crippen LogP contribution in [0.25, 0.3) is 0 Å². The van der Waals surface area contributed by atoms with Gasteiger partial charge in [0.1, 0.15) is 24.5 Å². The summed E-state index contributed by atoms with van der Waals surface area (Å²) in [6, 6.07) is 12.7. The van der Waals surface area contributed by atoms with Crippen LogP contribution in [-0.2, 0) is 16.1 Å². The predicted molar refractivity (Wildman–Crippen MR) is 129 cm³/mol. The topological polar surface area (TPSA) is 88.5 Å². The zero-order chi connectivity index (χ0) is 27.0. The fraction of sp³-hybridized carbons (Fsp3) is 0.481. The lowest BCUT2D eigenvalue weighted by Crippen LogP contribution is -2.53. The van der Waals surface area contributed by atoms with Crippen LogP contribution < -0.4 is 14.2 Å². The highest BCUT2D eigenvalue weighted by Gasteiger charge is 2.57. The highest BCUT2D eigenvalue weighted by molar-refractivity contribution is 5.89. The number of aliphatic hydroxyl groups is 1. The average Bonchev–Trinajstić information content (AvgIpc) is 3.56. The number of fused-ring (bicyclic) bond motifs is 2. The Kier molecular flexibility index (Phi) is 7.13. The van der Waals surface area contributed by atoms with E-state index in [1.54, 1.807) is 42.5 Å². The van der Waals surface area contributed by atoms with Crippen molar-refractivity contribution in [3.63, 3.8) is 0 Å². The lowest BCUT2D eigenvalue weighted by molar-refractivity contribution is -0.209. The van der Waals surface area contributed by atoms with Crippen molar-refractivity contribution < 1.29 is 42.1 Å². The largest absolute Gasteiger partial charge is 0.497 e. The number of hydrogen-bond donors (Lipinski definition) is 1. The molecule has 2 fully saturated rings. The van der Waals surface area contributed by atoms with Crippen LogP contribution in [0.15, 0.2) is 48.5 Å². The van der Waals surface area contributed by atoms with Gasteiger partial charge in [-0.2, -0.15) is 13.2 Å². The molecule has 5 atom stereocenters. The Labute approximate surface area is 217 Å². The summed E-state index contributed by atoms with van der Waals surface area (Å²) in [6.45, 7) is -0.913. The van der Waals surface area contributed by atoms with Crippen molar-refractivity contribution in [2.45, 2.75) is 56.3 Å². The highest BCUT2D eigenvalue weighted by Crippen LogP contribution is 2.49. The molecular weight excluding hydrogens is 505 g/mol. The number of rotatable bonds is 8. The SMILES string of the molecule is COc1ccc(CN(CC(O)C(F)(F)F)C(=O)[C@@H]2C[C@@H]3C[C@@H]3N2C(=O)CC2COc3ccccc3O2)cc1. The molecule has 2 aromatic carbocycles. The molecule has 2 heterocycles. The molecule has 204 valence electrons. The third-order valence-corrected chi connectivity index (χ3v) is 7.26. The molecule has 8 nitrogen and oxygen atoms in total. The van der Waals surface area contributed by atoms with E-state index in [0.29, 0.717) is 29.2 Å². The number of methoxy groups -OCH3 is 1. The second-order valence-electron chi connectivity index (χ2n) is 9.94. The zero-order valence-electron chi connectivity index (χ0n) is 20.8. The summed E-state index contributed by atoms with van der Waals surface area (Å²) in [6.07, 6.45) is -7.04. The molecular formula is C27H29F3N2O6. The number of para-hydroxylation sites is 2. The van der Waals surface area contributed by atoms with Crippen LogP contribution in [0.2, 0.25) is 0 Å². The van der Waals surface area contributed by atoms with Gasteiger partial charge in [0.25, 0.3) is 0 Å². The Morgan fingerprint density at radius 1 is 1.13 bits per heavy atom. The van der Waals surface area contributed by atoms with E-state index in [2.05, 4.69) is 0 Å². The number of nitrogens with zero attached hydrogens (tertiary/aromatic N) is 2. The number of carbonyl (C=O) groups is 2. The first-order valence-corrected chi connectivity index (χ1v) is 12.5. The maximum absolute atomic E-state index is 13.6. The zero-order valence-corrected chi connectivity index (χ0v) is 20.8. The summed E-state index contributed by atoms with van der Waals surface area (Å²) < 4.78 is 56.4. The molecule has 2 unspecified atom stereocenters. The summed E-state index contributed by atoms with van der Waals surface area (Å²) in [5.41, 5.74) is 0.570. The Morgan fingerprint density at radius 3 is 2.53 bits per heavy atom. The van der Waals surface area contributed by atoms with E-state index in [-0.39, 0.29) is 37.4 Å². The highest BCUT2D eigenvalue weighted by atomic mass is 19.4. The quantitative estimate of drug-likeness (QED) is 0.560. The average molecular weight is 535 g/mol. The molecule has 1 saturated heterocycles. The van der Waals surface area contributed by atoms with E-state index in [9.17, 15) is 27.9 Å². The molecule has 1 N–H and O–H groups in total. The Hall–Kier alpha value is -3.47. The number of aliphatic hydroxyl groups excluding tert-OH is 1. The fourth-order valence-electron chi connectivity index (χ4n) is 5.21. The van der Waals surface area contributed by atoms with Gasteiger partial charge in [-0.1, -0.05) is 24.3 Å². The molecule has 5 rings (SSSR count). The first-order valence-electron chi connectivity index (χ1n) is 12.5. The van der Waals surface area contributed by atoms with Crippen molar-refractivity contribution in [2.75, 3.05) is 20.3 Å². The van der Waals surface area contributed by atoms with Crippen LogP contribution >= 0.6 is 0 Å². The van der Waals surface area contributed by atoms with E-state index < -0.39 is 36.9 Å². The third-order valence-electron chi connectivity index (χ3n) is 7.26. The van der Waals surface area contributed by atoms with Crippen LogP contribution in [0.1, 0.15) is 24.8 Å². The summed E-state index contributed by atoms with van der Waals surface area (Å²) in [5.74, 6) is 0.892. The van der Waals surface area contributed by atoms with Crippen molar-refractivity contribution in [1.29, 1.82) is 0 Å². The molecule has 0 bridgehead atoms. The number of hydrogen-bond acceptors (Lipinski definition) is 6. The van der Waals surface area contributed by atoms with Gasteiger partial charge in [-0.3, -0.25) is 9.59 Å². The van der Waals surface area contributed by atoms with E-state index in [1.165, 1.54) is 12.0 Å². The number of piperidine rings is 1. The van der Waals surface area contributed by atoms with Gasteiger partial charge in [0.15, 0.2) is 17.6 Å². The summed E-state index contributed by atoms with van der Waals surface area (Å²) >= 11 is 0. The molecule has 0 radical (unpaired) electrons. The number of ether oxygens (including phenoxy) is 3. The molecule has 0 aromatic heterocycles. The third kappa shape index (κ3) is 5.52. The molecule has 11 heteroatoms. The van der Waals surface area contributed by atoms with E-state index in [4.69, 9.17) is 14.2 Å². The maximum Gasteiger partial charge on any atom is 0.416 e. The number of amides is 2. The Balaban J connectivity index is 1.31. The van der Waals surface area contributed by atoms with Crippen LogP contribution in [0.5, 0.6) is 17.2 Å². The van der Waals surface area contributed by atoms with Crippen molar-refractivity contribution in [3.8, 4) is 17.2 Å². The van der Waals surface area contributed by atoms with Gasteiger partial charge in [0.2, 0.25) is 11.8 Å². The lowest BCUT2D eigenvalue weighted by Gasteiger charge is -2.34. The van der Waals surface area contributed by atoms with Gasteiger partial charge in [0.05, 0.1) is 20.1 Å². The number of carbonyl (C=O) groups excluding carboxylic acids is 2. The minimum atomic E-state index is -4.89. The lowest BCUT2D eigenvalue weighted by atomic mass is 10.1. The second kappa shape index (κ2) is 10.4. The van der Waals surface area contributed by atoms with Crippen molar-refractivity contribution >= 4 is 11.8 Å². The Bertz CT molecular complexity index is 1170. The molecule has 2 aliphatic heterocycles. The number of likely N-dealkylation sites (tertiary alicyclic amines) is 1. The molecule has 0 spiro atoms. The summed E-state index contributed by atoms with van der Waals surface area (Å²) in [7, 11) is 1.49. The van der Waals surface area contributed by atoms with Gasteiger partial charge in [-0.25, -0.2) is 0 Å². The molecule has 2 aromatic rings. The normalized spacial score (nSPS) is 24.4. The number of benzene rings is 2. The maximum atomic E-state index is 13.6. The van der Waals surface area contributed by atoms with E-state index in [1.807, 2.05) is 6.07 Å². The summed E-state index contributed by atoms with van der Waals surface area (Å²) in [4.78, 5) is 29.5. The van der Waals surface area contributed by atoms with Crippen LogP contribution in [-0.4, -0.2) is 77.5 Å². The fourth-order valence-corrected chi connectivity index (χ4v) is 5.21. The monoisotopic (exact) mass is 534 g/mol. The standard InChI is InChI=1S/C27H29F3N2O6/c1-36-18-8-6-16(7-9-18)13-31(14-24(33)27(28,29)30)26(35)21-11-17-10-20(17)32(21)25(34)12-19-15-37-22-4-2-3-5-23(22)38-19/h2-9,17,19-21,24,33H,10-15H2,1H3/t17-,19?,20-,21-,24?/m0/s1. The van der Waals surface area contributed by atoms with Gasteiger partial charge >= 0.3 is 6.18 Å². The van der Waals surface area contributed by atoms with Crippen molar-refractivity contribution in [2.24, 2.45) is 5.92 Å². The van der Waals surface area contributed by atoms with E-state index in [0.717, 1.165) is 11.3 Å². The second-order valence-corrected chi connectivity index (χ2v) is 9.94. The predicted octanol–water partition coefficient (Wildman–Crippen LogP) is 3.17. The van der Waals surface area contributed by atoms with E-state index >= 15 is 0 Å². The van der Waals surface area contributed by atoms with Gasteiger partial charge in [-0.05, 0) is 48.6 Å². The summed E-state index contributed by atoms with van der Waals surface area (Å²) in [5, 5.41) is 9.79. The number of halogens is 3. The molecule has 2 amide bonds. The molecule has 3 aliphatic rings. The first-order chi connectivity index (χ1) is 18.1. The smallest absolute Gasteiger partial charge is 0.416 e. The van der Waals surface area contributed by atoms with Crippen molar-refractivity contribution in [3.05, 3.63) is 54.1 Å². The van der Waals surface area contributed by atoms with Gasteiger partial charge in [-0.15, -0.1) is 0 Å². The van der Waals surface area contributed by atoms with Crippen LogP contribution in [0.4, 0.5) is 13.2 Å². The Morgan fingerprint density at radius 2 is 1.84 bits per heavy atom. The van der Waals surface area contributed by atoms with Crippen LogP contribution in [0, 0.1) is 5.92 Å². The molecule has 1 aliphatic carbocycles. The van der Waals surface area contributed by atoms with Gasteiger partial charge < -0.3 is 29.1 Å². The van der Waals surface area contributed by atoms with Crippen LogP contribution in [0.3, 0.4) is 0 Å². The number of alkyl halides is 3. The first kappa shape index (κ1) is 26.1. The van der Waals surface area contributed by atoms with Gasteiger partial charge in [0, 0.05) is 12.6 Å². The minimum absolute atomic E-state index is 0.0228. The molecule has 1 saturated carbocycles. The molecule has 38 heavy (non-hydrogen) atoms. The minimum Gasteiger partial charge on any atom is -0.497 e. The van der Waals surface area contributed by atoms with Crippen molar-refractivity contribution in [1.82, 2.24) is 9.80 Å².